The van der Waals surface area contributed by atoms with E-state index >= 15 is 0 Å². The van der Waals surface area contributed by atoms with E-state index in [4.69, 9.17) is 28.9 Å². The van der Waals surface area contributed by atoms with Crippen LogP contribution in [0.15, 0.2) is 40.9 Å². The Morgan fingerprint density at radius 1 is 1.05 bits per heavy atom. The fourth-order valence-electron chi connectivity index (χ4n) is 1.51. The van der Waals surface area contributed by atoms with Crippen molar-refractivity contribution in [3.8, 4) is 0 Å². The summed E-state index contributed by atoms with van der Waals surface area (Å²) in [5.41, 5.74) is 7.20. The quantitative estimate of drug-likeness (QED) is 0.648. The van der Waals surface area contributed by atoms with E-state index in [1.54, 1.807) is 36.4 Å². The highest BCUT2D eigenvalue weighted by Crippen LogP contribution is 2.27. The molecule has 0 aliphatic heterocycles. The molecule has 0 radical (unpaired) electrons. The number of rotatable bonds is 2. The third kappa shape index (κ3) is 3.79. The molecular formula is C13H10BrCl2N3O. The molecule has 0 heterocycles. The molecule has 7 heteroatoms. The summed E-state index contributed by atoms with van der Waals surface area (Å²) >= 11 is 15.1. The molecule has 0 bridgehead atoms. The molecule has 2 aromatic rings. The summed E-state index contributed by atoms with van der Waals surface area (Å²) in [7, 11) is 0. The normalized spacial score (nSPS) is 10.2. The van der Waals surface area contributed by atoms with Crippen LogP contribution in [0.1, 0.15) is 0 Å². The molecule has 20 heavy (non-hydrogen) atoms. The molecule has 0 fully saturated rings. The average molecular weight is 375 g/mol. The third-order valence-electron chi connectivity index (χ3n) is 2.42. The van der Waals surface area contributed by atoms with Crippen LogP contribution in [-0.4, -0.2) is 6.03 Å². The third-order valence-corrected chi connectivity index (χ3v) is 3.67. The number of benzene rings is 2. The topological polar surface area (TPSA) is 67.1 Å². The Kier molecular flexibility index (Phi) is 4.75. The zero-order chi connectivity index (χ0) is 14.7. The van der Waals surface area contributed by atoms with E-state index < -0.39 is 6.03 Å². The van der Waals surface area contributed by atoms with Gasteiger partial charge in [-0.15, -0.1) is 0 Å². The number of amides is 2. The van der Waals surface area contributed by atoms with Gasteiger partial charge in [0.25, 0.3) is 0 Å². The van der Waals surface area contributed by atoms with Gasteiger partial charge in [-0.3, -0.25) is 0 Å². The zero-order valence-electron chi connectivity index (χ0n) is 10.1. The summed E-state index contributed by atoms with van der Waals surface area (Å²) in [6, 6.07) is 9.48. The number of nitrogens with two attached hydrogens (primary N) is 1. The summed E-state index contributed by atoms with van der Waals surface area (Å²) in [5, 5.41) is 6.17. The molecule has 0 atom stereocenters. The van der Waals surface area contributed by atoms with Crippen LogP contribution in [0.25, 0.3) is 0 Å². The number of halogens is 3. The molecule has 2 aromatic carbocycles. The Morgan fingerprint density at radius 3 is 2.50 bits per heavy atom. The fourth-order valence-corrected chi connectivity index (χ4v) is 2.19. The molecule has 4 N–H and O–H groups in total. The lowest BCUT2D eigenvalue weighted by molar-refractivity contribution is 0.262. The average Bonchev–Trinajstić information content (AvgIpc) is 2.38. The summed E-state index contributed by atoms with van der Waals surface area (Å²) in [6.45, 7) is 0. The minimum atomic E-state index is -0.444. The second kappa shape index (κ2) is 6.35. The molecular weight excluding hydrogens is 365 g/mol. The second-order valence-corrected chi connectivity index (χ2v) is 5.64. The Bertz CT molecular complexity index is 609. The molecule has 2 rings (SSSR count). The molecule has 4 nitrogen and oxygen atoms in total. The van der Waals surface area contributed by atoms with Crippen LogP contribution >= 0.6 is 39.1 Å². The highest BCUT2D eigenvalue weighted by atomic mass is 79.9. The predicted molar refractivity (Wildman–Crippen MR) is 87.7 cm³/mol. The summed E-state index contributed by atoms with van der Waals surface area (Å²) in [6.07, 6.45) is 0. The summed E-state index contributed by atoms with van der Waals surface area (Å²) in [4.78, 5) is 11.9. The van der Waals surface area contributed by atoms with Gasteiger partial charge in [-0.2, -0.15) is 0 Å². The van der Waals surface area contributed by atoms with Crippen molar-refractivity contribution >= 4 is 62.2 Å². The maximum absolute atomic E-state index is 11.9. The molecule has 0 aliphatic rings. The predicted octanol–water partition coefficient (Wildman–Crippen LogP) is 4.98. The molecule has 0 unspecified atom stereocenters. The number of urea groups is 1. The van der Waals surface area contributed by atoms with Crippen molar-refractivity contribution in [1.82, 2.24) is 0 Å². The van der Waals surface area contributed by atoms with Crippen LogP contribution < -0.4 is 16.4 Å². The van der Waals surface area contributed by atoms with Gasteiger partial charge in [-0.05, 0) is 52.3 Å². The molecule has 2 amide bonds. The van der Waals surface area contributed by atoms with E-state index in [0.717, 1.165) is 4.47 Å². The number of hydrogen-bond acceptors (Lipinski definition) is 2. The number of nitrogens with one attached hydrogen (secondary N) is 2. The molecule has 0 saturated heterocycles. The molecule has 0 spiro atoms. The van der Waals surface area contributed by atoms with E-state index in [0.29, 0.717) is 27.1 Å². The van der Waals surface area contributed by atoms with Crippen molar-refractivity contribution in [3.05, 3.63) is 50.9 Å². The Balaban J connectivity index is 2.13. The highest BCUT2D eigenvalue weighted by molar-refractivity contribution is 9.10. The SMILES string of the molecule is Nc1ccc(Br)c(NC(=O)Nc2cc(Cl)ccc2Cl)c1. The lowest BCUT2D eigenvalue weighted by Gasteiger charge is -2.11. The smallest absolute Gasteiger partial charge is 0.323 e. The van der Waals surface area contributed by atoms with Crippen LogP contribution in [0.4, 0.5) is 21.9 Å². The minimum Gasteiger partial charge on any atom is -0.399 e. The first-order chi connectivity index (χ1) is 9.45. The number of anilines is 3. The van der Waals surface area contributed by atoms with Crippen LogP contribution in [0.3, 0.4) is 0 Å². The molecule has 104 valence electrons. The number of hydrogen-bond donors (Lipinski definition) is 3. The van der Waals surface area contributed by atoms with Crippen LogP contribution in [0, 0.1) is 0 Å². The maximum atomic E-state index is 11.9. The van der Waals surface area contributed by atoms with E-state index in [1.807, 2.05) is 0 Å². The van der Waals surface area contributed by atoms with Crippen molar-refractivity contribution in [2.45, 2.75) is 0 Å². The Morgan fingerprint density at radius 2 is 1.75 bits per heavy atom. The van der Waals surface area contributed by atoms with Gasteiger partial charge < -0.3 is 16.4 Å². The van der Waals surface area contributed by atoms with Crippen molar-refractivity contribution in [3.63, 3.8) is 0 Å². The van der Waals surface area contributed by atoms with Crippen molar-refractivity contribution in [2.75, 3.05) is 16.4 Å². The van der Waals surface area contributed by atoms with Gasteiger partial charge in [0.15, 0.2) is 0 Å². The van der Waals surface area contributed by atoms with Crippen LogP contribution in [0.5, 0.6) is 0 Å². The first-order valence-electron chi connectivity index (χ1n) is 5.54. The van der Waals surface area contributed by atoms with E-state index in [9.17, 15) is 4.79 Å². The largest absolute Gasteiger partial charge is 0.399 e. The van der Waals surface area contributed by atoms with E-state index in [-0.39, 0.29) is 0 Å². The molecule has 0 aliphatic carbocycles. The number of carbonyl (C=O) groups excluding carboxylic acids is 1. The number of carbonyl (C=O) groups is 1. The molecule has 0 saturated carbocycles. The first kappa shape index (κ1) is 15.0. The standard InChI is InChI=1S/C13H10BrCl2N3O/c14-9-3-2-8(17)6-11(9)18-13(20)19-12-5-7(15)1-4-10(12)16/h1-6H,17H2,(H2,18,19,20). The van der Waals surface area contributed by atoms with Crippen molar-refractivity contribution in [2.24, 2.45) is 0 Å². The minimum absolute atomic E-state index is 0.399. The van der Waals surface area contributed by atoms with Gasteiger partial charge in [0, 0.05) is 15.2 Å². The Labute approximate surface area is 134 Å². The fraction of sp³-hybridized carbons (Fsp3) is 0. The van der Waals surface area contributed by atoms with E-state index in [1.165, 1.54) is 0 Å². The van der Waals surface area contributed by atoms with Gasteiger partial charge in [-0.25, -0.2) is 4.79 Å². The lowest BCUT2D eigenvalue weighted by atomic mass is 10.3. The van der Waals surface area contributed by atoms with Gasteiger partial charge in [0.05, 0.1) is 16.4 Å². The first-order valence-corrected chi connectivity index (χ1v) is 7.08. The Hall–Kier alpha value is -1.43. The van der Waals surface area contributed by atoms with Crippen molar-refractivity contribution < 1.29 is 4.79 Å². The summed E-state index contributed by atoms with van der Waals surface area (Å²) < 4.78 is 0.721. The van der Waals surface area contributed by atoms with Crippen LogP contribution in [0.2, 0.25) is 10.0 Å². The van der Waals surface area contributed by atoms with Gasteiger partial charge in [-0.1, -0.05) is 23.2 Å². The van der Waals surface area contributed by atoms with Gasteiger partial charge in [0.2, 0.25) is 0 Å². The molecule has 0 aromatic heterocycles. The van der Waals surface area contributed by atoms with Gasteiger partial charge >= 0.3 is 6.03 Å². The van der Waals surface area contributed by atoms with Crippen molar-refractivity contribution in [1.29, 1.82) is 0 Å². The summed E-state index contributed by atoms with van der Waals surface area (Å²) in [5.74, 6) is 0. The van der Waals surface area contributed by atoms with Crippen LogP contribution in [-0.2, 0) is 0 Å². The highest BCUT2D eigenvalue weighted by Gasteiger charge is 2.08. The maximum Gasteiger partial charge on any atom is 0.323 e. The zero-order valence-corrected chi connectivity index (χ0v) is 13.2. The monoisotopic (exact) mass is 373 g/mol. The second-order valence-electron chi connectivity index (χ2n) is 3.94. The lowest BCUT2D eigenvalue weighted by Crippen LogP contribution is -2.20. The number of nitrogen functional groups attached to an aromatic ring is 1. The van der Waals surface area contributed by atoms with E-state index in [2.05, 4.69) is 26.6 Å². The van der Waals surface area contributed by atoms with Gasteiger partial charge in [0.1, 0.15) is 0 Å².